The van der Waals surface area contributed by atoms with E-state index in [2.05, 4.69) is 21.0 Å². The Hall–Kier alpha value is -2.21. The van der Waals surface area contributed by atoms with Gasteiger partial charge in [0.05, 0.1) is 29.0 Å². The number of nitrogens with zero attached hydrogens (tertiary/aromatic N) is 5. The molecule has 2 saturated heterocycles. The summed E-state index contributed by atoms with van der Waals surface area (Å²) in [6.45, 7) is 6.19. The van der Waals surface area contributed by atoms with Gasteiger partial charge in [-0.3, -0.25) is 19.4 Å². The SMILES string of the molecule is Cc1cc(CN2CCC3(CCN(Cc4ccccn4)C3=O)C2)n(C)n1. The van der Waals surface area contributed by atoms with Gasteiger partial charge < -0.3 is 4.90 Å². The molecule has 132 valence electrons. The van der Waals surface area contributed by atoms with Gasteiger partial charge in [0.2, 0.25) is 5.91 Å². The minimum Gasteiger partial charge on any atom is -0.336 e. The molecule has 1 spiro atoms. The van der Waals surface area contributed by atoms with Crippen LogP contribution < -0.4 is 0 Å². The van der Waals surface area contributed by atoms with Crippen molar-refractivity contribution in [3.05, 3.63) is 47.5 Å². The Kier molecular flexibility index (Phi) is 4.07. The van der Waals surface area contributed by atoms with Gasteiger partial charge in [-0.2, -0.15) is 5.10 Å². The molecule has 0 bridgehead atoms. The lowest BCUT2D eigenvalue weighted by Crippen LogP contribution is -2.36. The zero-order valence-electron chi connectivity index (χ0n) is 15.0. The van der Waals surface area contributed by atoms with Crippen LogP contribution in [0.4, 0.5) is 0 Å². The molecule has 0 saturated carbocycles. The molecule has 0 radical (unpaired) electrons. The first-order valence-electron chi connectivity index (χ1n) is 8.97. The van der Waals surface area contributed by atoms with Crippen molar-refractivity contribution in [2.75, 3.05) is 19.6 Å². The third kappa shape index (κ3) is 3.06. The molecule has 0 aromatic carbocycles. The Bertz CT molecular complexity index is 771. The molecule has 6 heteroatoms. The van der Waals surface area contributed by atoms with Crippen LogP contribution in [0.25, 0.3) is 0 Å². The molecule has 25 heavy (non-hydrogen) atoms. The van der Waals surface area contributed by atoms with Crippen LogP contribution >= 0.6 is 0 Å². The summed E-state index contributed by atoms with van der Waals surface area (Å²) in [6, 6.07) is 8.01. The second kappa shape index (κ2) is 6.26. The molecule has 1 amide bonds. The van der Waals surface area contributed by atoms with E-state index >= 15 is 0 Å². The standard InChI is InChI=1S/C19H25N5O/c1-15-11-17(22(2)21-15)13-23-9-6-19(14-23)7-10-24(18(19)25)12-16-5-3-4-8-20-16/h3-5,8,11H,6-7,9-10,12-14H2,1-2H3. The van der Waals surface area contributed by atoms with Crippen LogP contribution in [0.1, 0.15) is 29.9 Å². The van der Waals surface area contributed by atoms with E-state index in [-0.39, 0.29) is 5.41 Å². The molecule has 4 rings (SSSR count). The quantitative estimate of drug-likeness (QED) is 0.852. The number of hydrogen-bond acceptors (Lipinski definition) is 4. The van der Waals surface area contributed by atoms with Crippen molar-refractivity contribution in [2.24, 2.45) is 12.5 Å². The summed E-state index contributed by atoms with van der Waals surface area (Å²) in [4.78, 5) is 21.8. The van der Waals surface area contributed by atoms with E-state index in [0.29, 0.717) is 12.5 Å². The summed E-state index contributed by atoms with van der Waals surface area (Å²) in [5.74, 6) is 0.307. The topological polar surface area (TPSA) is 54.3 Å². The molecular formula is C19H25N5O. The average Bonchev–Trinajstić information content (AvgIpc) is 3.24. The van der Waals surface area contributed by atoms with Crippen LogP contribution in [0.5, 0.6) is 0 Å². The van der Waals surface area contributed by atoms with Crippen molar-refractivity contribution in [1.29, 1.82) is 0 Å². The lowest BCUT2D eigenvalue weighted by molar-refractivity contribution is -0.136. The first-order chi connectivity index (χ1) is 12.1. The predicted molar refractivity (Wildman–Crippen MR) is 94.5 cm³/mol. The van der Waals surface area contributed by atoms with Gasteiger partial charge in [-0.1, -0.05) is 6.07 Å². The highest BCUT2D eigenvalue weighted by Gasteiger charge is 2.50. The summed E-state index contributed by atoms with van der Waals surface area (Å²) >= 11 is 0. The van der Waals surface area contributed by atoms with Gasteiger partial charge >= 0.3 is 0 Å². The molecule has 1 atom stereocenters. The van der Waals surface area contributed by atoms with Crippen molar-refractivity contribution in [1.82, 2.24) is 24.6 Å². The molecule has 2 fully saturated rings. The number of rotatable bonds is 4. The molecule has 6 nitrogen and oxygen atoms in total. The van der Waals surface area contributed by atoms with Crippen LogP contribution in [0, 0.1) is 12.3 Å². The number of aromatic nitrogens is 3. The Balaban J connectivity index is 1.41. The molecule has 4 heterocycles. The zero-order chi connectivity index (χ0) is 17.4. The molecule has 2 aromatic rings. The first kappa shape index (κ1) is 16.3. The Morgan fingerprint density at radius 3 is 2.76 bits per heavy atom. The Morgan fingerprint density at radius 1 is 1.20 bits per heavy atom. The fourth-order valence-corrected chi connectivity index (χ4v) is 4.24. The van der Waals surface area contributed by atoms with Crippen LogP contribution in [-0.2, 0) is 24.9 Å². The third-order valence-corrected chi connectivity index (χ3v) is 5.60. The van der Waals surface area contributed by atoms with Gasteiger partial charge in [0.25, 0.3) is 0 Å². The predicted octanol–water partition coefficient (Wildman–Crippen LogP) is 1.75. The highest BCUT2D eigenvalue weighted by atomic mass is 16.2. The number of carbonyl (C=O) groups is 1. The Labute approximate surface area is 148 Å². The maximum Gasteiger partial charge on any atom is 0.230 e. The minimum absolute atomic E-state index is 0.192. The number of pyridine rings is 1. The van der Waals surface area contributed by atoms with Gasteiger partial charge in [-0.25, -0.2) is 0 Å². The van der Waals surface area contributed by atoms with Crippen molar-refractivity contribution in [3.8, 4) is 0 Å². The van der Waals surface area contributed by atoms with Crippen molar-refractivity contribution in [3.63, 3.8) is 0 Å². The largest absolute Gasteiger partial charge is 0.336 e. The van der Waals surface area contributed by atoms with Gasteiger partial charge in [0, 0.05) is 32.9 Å². The van der Waals surface area contributed by atoms with Crippen LogP contribution in [0.3, 0.4) is 0 Å². The minimum atomic E-state index is -0.192. The molecule has 0 N–H and O–H groups in total. The maximum absolute atomic E-state index is 13.1. The van der Waals surface area contributed by atoms with Gasteiger partial charge in [-0.05, 0) is 44.5 Å². The second-order valence-electron chi connectivity index (χ2n) is 7.44. The first-order valence-corrected chi connectivity index (χ1v) is 8.97. The fourth-order valence-electron chi connectivity index (χ4n) is 4.24. The van der Waals surface area contributed by atoms with E-state index in [1.165, 1.54) is 5.69 Å². The van der Waals surface area contributed by atoms with Gasteiger partial charge in [0.15, 0.2) is 0 Å². The Morgan fingerprint density at radius 2 is 2.04 bits per heavy atom. The smallest absolute Gasteiger partial charge is 0.230 e. The lowest BCUT2D eigenvalue weighted by Gasteiger charge is -2.23. The lowest BCUT2D eigenvalue weighted by atomic mass is 9.85. The number of aryl methyl sites for hydroxylation is 2. The van der Waals surface area contributed by atoms with E-state index in [1.807, 2.05) is 41.8 Å². The molecule has 1 unspecified atom stereocenters. The monoisotopic (exact) mass is 339 g/mol. The van der Waals surface area contributed by atoms with E-state index in [1.54, 1.807) is 6.20 Å². The van der Waals surface area contributed by atoms with Crippen LogP contribution in [0.2, 0.25) is 0 Å². The summed E-state index contributed by atoms with van der Waals surface area (Å²) in [7, 11) is 1.99. The van der Waals surface area contributed by atoms with E-state index in [0.717, 1.165) is 50.4 Å². The highest BCUT2D eigenvalue weighted by Crippen LogP contribution is 2.41. The average molecular weight is 339 g/mol. The number of carbonyl (C=O) groups excluding carboxylic acids is 1. The number of likely N-dealkylation sites (tertiary alicyclic amines) is 2. The number of hydrogen-bond donors (Lipinski definition) is 0. The van der Waals surface area contributed by atoms with Crippen molar-refractivity contribution < 1.29 is 4.79 Å². The second-order valence-corrected chi connectivity index (χ2v) is 7.44. The molecule has 0 aliphatic carbocycles. The number of amides is 1. The van der Waals surface area contributed by atoms with Crippen LogP contribution in [0.15, 0.2) is 30.5 Å². The molecule has 2 aliphatic rings. The van der Waals surface area contributed by atoms with Crippen molar-refractivity contribution in [2.45, 2.75) is 32.9 Å². The fraction of sp³-hybridized carbons (Fsp3) is 0.526. The summed E-state index contributed by atoms with van der Waals surface area (Å²) in [5.41, 5.74) is 3.03. The highest BCUT2D eigenvalue weighted by molar-refractivity contribution is 5.85. The summed E-state index contributed by atoms with van der Waals surface area (Å²) < 4.78 is 1.95. The van der Waals surface area contributed by atoms with Crippen LogP contribution in [-0.4, -0.2) is 50.1 Å². The van der Waals surface area contributed by atoms with Gasteiger partial charge in [-0.15, -0.1) is 0 Å². The molecular weight excluding hydrogens is 314 g/mol. The van der Waals surface area contributed by atoms with E-state index in [9.17, 15) is 4.79 Å². The van der Waals surface area contributed by atoms with E-state index in [4.69, 9.17) is 0 Å². The maximum atomic E-state index is 13.1. The molecule has 2 aromatic heterocycles. The zero-order valence-corrected chi connectivity index (χ0v) is 15.0. The van der Waals surface area contributed by atoms with Gasteiger partial charge in [0.1, 0.15) is 0 Å². The van der Waals surface area contributed by atoms with E-state index < -0.39 is 0 Å². The third-order valence-electron chi connectivity index (χ3n) is 5.60. The summed E-state index contributed by atoms with van der Waals surface area (Å²) in [6.07, 6.45) is 3.71. The normalized spacial score (nSPS) is 23.9. The van der Waals surface area contributed by atoms with Crippen molar-refractivity contribution >= 4 is 5.91 Å². The summed E-state index contributed by atoms with van der Waals surface area (Å²) in [5, 5.41) is 4.42. The molecule has 2 aliphatic heterocycles.